The molecule has 0 aromatic heterocycles. The minimum absolute atomic E-state index is 0.223. The SMILES string of the molecule is CC1(C)CNc2cccc(CNCc3ccccc3)c21. The molecule has 0 aliphatic carbocycles. The molecule has 0 unspecified atom stereocenters. The molecule has 104 valence electrons. The Morgan fingerprint density at radius 1 is 1.00 bits per heavy atom. The second-order valence-corrected chi connectivity index (χ2v) is 6.17. The van der Waals surface area contributed by atoms with Crippen molar-refractivity contribution in [3.63, 3.8) is 0 Å². The third kappa shape index (κ3) is 2.56. The van der Waals surface area contributed by atoms with E-state index >= 15 is 0 Å². The van der Waals surface area contributed by atoms with Crippen molar-refractivity contribution in [1.29, 1.82) is 0 Å². The normalized spacial score (nSPS) is 15.7. The summed E-state index contributed by atoms with van der Waals surface area (Å²) in [6, 6.07) is 17.1. The Hall–Kier alpha value is -1.80. The third-order valence-corrected chi connectivity index (χ3v) is 4.04. The van der Waals surface area contributed by atoms with Crippen LogP contribution >= 0.6 is 0 Å². The summed E-state index contributed by atoms with van der Waals surface area (Å²) in [7, 11) is 0. The molecule has 0 amide bonds. The largest absolute Gasteiger partial charge is 0.384 e. The quantitative estimate of drug-likeness (QED) is 0.882. The van der Waals surface area contributed by atoms with Crippen LogP contribution in [-0.4, -0.2) is 6.54 Å². The Bertz CT molecular complexity index is 588. The van der Waals surface area contributed by atoms with E-state index in [0.717, 1.165) is 19.6 Å². The number of hydrogen-bond acceptors (Lipinski definition) is 2. The molecular weight excluding hydrogens is 244 g/mol. The van der Waals surface area contributed by atoms with Gasteiger partial charge in [0.05, 0.1) is 0 Å². The van der Waals surface area contributed by atoms with Crippen molar-refractivity contribution in [2.45, 2.75) is 32.4 Å². The van der Waals surface area contributed by atoms with Gasteiger partial charge in [-0.3, -0.25) is 0 Å². The van der Waals surface area contributed by atoms with Gasteiger partial charge in [0.2, 0.25) is 0 Å². The molecule has 3 rings (SSSR count). The minimum Gasteiger partial charge on any atom is -0.384 e. The lowest BCUT2D eigenvalue weighted by molar-refractivity contribution is 0.572. The van der Waals surface area contributed by atoms with Gasteiger partial charge in [0.15, 0.2) is 0 Å². The van der Waals surface area contributed by atoms with E-state index in [1.807, 2.05) is 0 Å². The van der Waals surface area contributed by atoms with Gasteiger partial charge in [-0.25, -0.2) is 0 Å². The molecule has 0 fully saturated rings. The topological polar surface area (TPSA) is 24.1 Å². The highest BCUT2D eigenvalue weighted by Gasteiger charge is 2.31. The van der Waals surface area contributed by atoms with Crippen LogP contribution in [0.2, 0.25) is 0 Å². The lowest BCUT2D eigenvalue weighted by atomic mass is 9.84. The van der Waals surface area contributed by atoms with E-state index in [9.17, 15) is 0 Å². The maximum atomic E-state index is 3.56. The molecule has 2 N–H and O–H groups in total. The Morgan fingerprint density at radius 3 is 2.60 bits per heavy atom. The fourth-order valence-corrected chi connectivity index (χ4v) is 3.04. The van der Waals surface area contributed by atoms with Crippen molar-refractivity contribution in [3.05, 3.63) is 65.2 Å². The van der Waals surface area contributed by atoms with E-state index in [4.69, 9.17) is 0 Å². The second kappa shape index (κ2) is 5.29. The number of anilines is 1. The van der Waals surface area contributed by atoms with Crippen molar-refractivity contribution < 1.29 is 0 Å². The fraction of sp³-hybridized carbons (Fsp3) is 0.333. The monoisotopic (exact) mass is 266 g/mol. The fourth-order valence-electron chi connectivity index (χ4n) is 3.04. The van der Waals surface area contributed by atoms with Crippen LogP contribution in [0.25, 0.3) is 0 Å². The standard InChI is InChI=1S/C18H22N2/c1-18(2)13-20-16-10-6-9-15(17(16)18)12-19-11-14-7-4-3-5-8-14/h3-10,19-20H,11-13H2,1-2H3. The lowest BCUT2D eigenvalue weighted by Gasteiger charge is -2.21. The molecule has 0 atom stereocenters. The first-order valence-electron chi connectivity index (χ1n) is 7.28. The van der Waals surface area contributed by atoms with Gasteiger partial charge in [0.25, 0.3) is 0 Å². The van der Waals surface area contributed by atoms with Crippen LogP contribution in [0, 0.1) is 0 Å². The molecule has 2 aromatic carbocycles. The molecule has 2 heteroatoms. The number of rotatable bonds is 4. The molecule has 0 saturated carbocycles. The van der Waals surface area contributed by atoms with Crippen LogP contribution in [0.1, 0.15) is 30.5 Å². The maximum absolute atomic E-state index is 3.56. The van der Waals surface area contributed by atoms with E-state index in [-0.39, 0.29) is 5.41 Å². The van der Waals surface area contributed by atoms with Gasteiger partial charge < -0.3 is 10.6 Å². The first-order chi connectivity index (χ1) is 9.67. The smallest absolute Gasteiger partial charge is 0.0382 e. The van der Waals surface area contributed by atoms with Gasteiger partial charge in [-0.15, -0.1) is 0 Å². The number of hydrogen-bond donors (Lipinski definition) is 2. The summed E-state index contributed by atoms with van der Waals surface area (Å²) in [5.41, 5.74) is 5.74. The van der Waals surface area contributed by atoms with Crippen LogP contribution in [0.15, 0.2) is 48.5 Å². The highest BCUT2D eigenvalue weighted by atomic mass is 14.9. The van der Waals surface area contributed by atoms with Crippen LogP contribution in [0.5, 0.6) is 0 Å². The zero-order chi connectivity index (χ0) is 14.0. The molecule has 2 aromatic rings. The molecular formula is C18H22N2. The summed E-state index contributed by atoms with van der Waals surface area (Å²) < 4.78 is 0. The molecule has 20 heavy (non-hydrogen) atoms. The summed E-state index contributed by atoms with van der Waals surface area (Å²) in [5.74, 6) is 0. The minimum atomic E-state index is 0.223. The van der Waals surface area contributed by atoms with E-state index in [0.29, 0.717) is 0 Å². The number of fused-ring (bicyclic) bond motifs is 1. The predicted molar refractivity (Wildman–Crippen MR) is 84.9 cm³/mol. The van der Waals surface area contributed by atoms with Crippen molar-refractivity contribution in [3.8, 4) is 0 Å². The van der Waals surface area contributed by atoms with E-state index in [1.54, 1.807) is 0 Å². The summed E-state index contributed by atoms with van der Waals surface area (Å²) in [6.45, 7) is 7.48. The average Bonchev–Trinajstić information content (AvgIpc) is 2.77. The molecule has 0 saturated heterocycles. The van der Waals surface area contributed by atoms with Crippen molar-refractivity contribution in [2.75, 3.05) is 11.9 Å². The molecule has 1 aliphatic heterocycles. The van der Waals surface area contributed by atoms with Gasteiger partial charge >= 0.3 is 0 Å². The Labute approximate surface area is 121 Å². The summed E-state index contributed by atoms with van der Waals surface area (Å²) in [4.78, 5) is 0. The first-order valence-corrected chi connectivity index (χ1v) is 7.28. The zero-order valence-electron chi connectivity index (χ0n) is 12.2. The molecule has 0 spiro atoms. The Morgan fingerprint density at radius 2 is 1.80 bits per heavy atom. The van der Waals surface area contributed by atoms with E-state index < -0.39 is 0 Å². The van der Waals surface area contributed by atoms with Gasteiger partial charge in [-0.05, 0) is 22.8 Å². The van der Waals surface area contributed by atoms with Crippen LogP contribution < -0.4 is 10.6 Å². The average molecular weight is 266 g/mol. The number of nitrogens with one attached hydrogen (secondary N) is 2. The second-order valence-electron chi connectivity index (χ2n) is 6.17. The van der Waals surface area contributed by atoms with Gasteiger partial charge in [-0.1, -0.05) is 56.3 Å². The van der Waals surface area contributed by atoms with Crippen LogP contribution in [-0.2, 0) is 18.5 Å². The highest BCUT2D eigenvalue weighted by Crippen LogP contribution is 2.38. The van der Waals surface area contributed by atoms with Gasteiger partial charge in [0, 0.05) is 30.7 Å². The predicted octanol–water partition coefficient (Wildman–Crippen LogP) is 3.68. The van der Waals surface area contributed by atoms with Gasteiger partial charge in [0.1, 0.15) is 0 Å². The summed E-state index contributed by atoms with van der Waals surface area (Å²) in [6.07, 6.45) is 0. The third-order valence-electron chi connectivity index (χ3n) is 4.04. The summed E-state index contributed by atoms with van der Waals surface area (Å²) >= 11 is 0. The van der Waals surface area contributed by atoms with E-state index in [1.165, 1.54) is 22.4 Å². The zero-order valence-corrected chi connectivity index (χ0v) is 12.2. The molecule has 0 radical (unpaired) electrons. The van der Waals surface area contributed by atoms with Crippen molar-refractivity contribution in [1.82, 2.24) is 5.32 Å². The first kappa shape index (κ1) is 13.2. The number of benzene rings is 2. The summed E-state index contributed by atoms with van der Waals surface area (Å²) in [5, 5.41) is 7.07. The molecule has 0 bridgehead atoms. The van der Waals surface area contributed by atoms with Crippen molar-refractivity contribution >= 4 is 5.69 Å². The molecule has 1 aliphatic rings. The van der Waals surface area contributed by atoms with Gasteiger partial charge in [-0.2, -0.15) is 0 Å². The highest BCUT2D eigenvalue weighted by molar-refractivity contribution is 5.62. The van der Waals surface area contributed by atoms with Crippen LogP contribution in [0.3, 0.4) is 0 Å². The molecule has 1 heterocycles. The van der Waals surface area contributed by atoms with E-state index in [2.05, 4.69) is 73.0 Å². The van der Waals surface area contributed by atoms with Crippen molar-refractivity contribution in [2.24, 2.45) is 0 Å². The maximum Gasteiger partial charge on any atom is 0.0382 e. The van der Waals surface area contributed by atoms with Crippen LogP contribution in [0.4, 0.5) is 5.69 Å². The molecule has 2 nitrogen and oxygen atoms in total. The Balaban J connectivity index is 1.72. The lowest BCUT2D eigenvalue weighted by Crippen LogP contribution is -2.22. The Kier molecular flexibility index (Phi) is 3.49.